The number of nitrogens with one attached hydrogen (secondary N) is 1. The van der Waals surface area contributed by atoms with Crippen LogP contribution in [-0.2, 0) is 0 Å². The van der Waals surface area contributed by atoms with Crippen LogP contribution in [0.3, 0.4) is 0 Å². The Morgan fingerprint density at radius 3 is 2.45 bits per heavy atom. The Kier molecular flexibility index (Phi) is 6.25. The molecule has 0 bridgehead atoms. The van der Waals surface area contributed by atoms with Gasteiger partial charge in [0.25, 0.3) is 0 Å². The number of rotatable bonds is 7. The van der Waals surface area contributed by atoms with Crippen LogP contribution in [0, 0.1) is 0 Å². The minimum absolute atomic E-state index is 0.303. The molecule has 0 aliphatic rings. The van der Waals surface area contributed by atoms with E-state index in [9.17, 15) is 5.11 Å². The van der Waals surface area contributed by atoms with Gasteiger partial charge in [-0.25, -0.2) is 0 Å². The van der Waals surface area contributed by atoms with Gasteiger partial charge in [-0.1, -0.05) is 61.8 Å². The minimum Gasteiger partial charge on any atom is -0.483 e. The summed E-state index contributed by atoms with van der Waals surface area (Å²) in [6, 6.07) is 17.2. The molecule has 0 aliphatic heterocycles. The summed E-state index contributed by atoms with van der Waals surface area (Å²) in [6.07, 6.45) is -1.12. The Morgan fingerprint density at radius 1 is 1.09 bits per heavy atom. The van der Waals surface area contributed by atoms with Gasteiger partial charge in [0, 0.05) is 17.6 Å². The molecule has 2 atom stereocenters. The first-order chi connectivity index (χ1) is 10.6. The number of aliphatic hydroxyl groups is 1. The molecule has 22 heavy (non-hydrogen) atoms. The van der Waals surface area contributed by atoms with Crippen molar-refractivity contribution in [2.45, 2.75) is 32.1 Å². The second kappa shape index (κ2) is 8.18. The van der Waals surface area contributed by atoms with Crippen molar-refractivity contribution in [3.05, 3.63) is 65.2 Å². The normalized spacial score (nSPS) is 13.9. The summed E-state index contributed by atoms with van der Waals surface area (Å²) in [4.78, 5) is 0. The molecule has 0 aromatic heterocycles. The van der Waals surface area contributed by atoms with Crippen molar-refractivity contribution in [3.63, 3.8) is 0 Å². The minimum atomic E-state index is -0.663. The highest BCUT2D eigenvalue weighted by molar-refractivity contribution is 6.30. The van der Waals surface area contributed by atoms with Crippen LogP contribution in [0.25, 0.3) is 0 Å². The lowest BCUT2D eigenvalue weighted by Crippen LogP contribution is -2.37. The number of aliphatic hydroxyl groups excluding tert-OH is 1. The van der Waals surface area contributed by atoms with Crippen molar-refractivity contribution in [3.8, 4) is 5.75 Å². The first-order valence-electron chi connectivity index (χ1n) is 7.45. The van der Waals surface area contributed by atoms with Gasteiger partial charge in [-0.05, 0) is 23.8 Å². The van der Waals surface area contributed by atoms with Crippen LogP contribution < -0.4 is 10.1 Å². The molecule has 3 nitrogen and oxygen atoms in total. The largest absolute Gasteiger partial charge is 0.483 e. The summed E-state index contributed by atoms with van der Waals surface area (Å²) in [5.74, 6) is 0.643. The third kappa shape index (κ3) is 5.02. The molecular formula is C18H22ClNO2. The third-order valence-corrected chi connectivity index (χ3v) is 3.51. The molecule has 2 rings (SSSR count). The Hall–Kier alpha value is -1.55. The van der Waals surface area contributed by atoms with Gasteiger partial charge in [0.15, 0.2) is 6.10 Å². The quantitative estimate of drug-likeness (QED) is 0.815. The third-order valence-electron chi connectivity index (χ3n) is 3.27. The predicted octanol–water partition coefficient (Wildman–Crippen LogP) is 3.82. The maximum absolute atomic E-state index is 10.5. The first-order valence-corrected chi connectivity index (χ1v) is 7.82. The fourth-order valence-corrected chi connectivity index (χ4v) is 2.34. The molecule has 0 aliphatic carbocycles. The molecule has 2 aromatic carbocycles. The van der Waals surface area contributed by atoms with E-state index in [2.05, 4.69) is 5.32 Å². The standard InChI is InChI=1S/C18H22ClNO2/c1-13(2)20-12-17(21)18(14-7-4-3-5-8-14)22-16-10-6-9-15(19)11-16/h3-11,13,17-18,20-21H,12H2,1-2H3. The van der Waals surface area contributed by atoms with Gasteiger partial charge >= 0.3 is 0 Å². The van der Waals surface area contributed by atoms with Crippen molar-refractivity contribution < 1.29 is 9.84 Å². The summed E-state index contributed by atoms with van der Waals surface area (Å²) in [6.45, 7) is 4.54. The molecular weight excluding hydrogens is 298 g/mol. The number of ether oxygens (including phenoxy) is 1. The van der Waals surface area contributed by atoms with Crippen molar-refractivity contribution in [2.75, 3.05) is 6.54 Å². The van der Waals surface area contributed by atoms with Gasteiger partial charge < -0.3 is 15.2 Å². The summed E-state index contributed by atoms with van der Waals surface area (Å²) in [7, 11) is 0. The van der Waals surface area contributed by atoms with E-state index in [0.29, 0.717) is 23.4 Å². The van der Waals surface area contributed by atoms with Gasteiger partial charge in [0.1, 0.15) is 11.9 Å². The zero-order valence-corrected chi connectivity index (χ0v) is 13.6. The van der Waals surface area contributed by atoms with E-state index in [1.165, 1.54) is 0 Å². The maximum Gasteiger partial charge on any atom is 0.151 e. The lowest BCUT2D eigenvalue weighted by Gasteiger charge is -2.25. The smallest absolute Gasteiger partial charge is 0.151 e. The average molecular weight is 320 g/mol. The van der Waals surface area contributed by atoms with E-state index >= 15 is 0 Å². The molecule has 2 N–H and O–H groups in total. The predicted molar refractivity (Wildman–Crippen MR) is 90.4 cm³/mol. The van der Waals surface area contributed by atoms with E-state index in [-0.39, 0.29) is 0 Å². The molecule has 0 heterocycles. The van der Waals surface area contributed by atoms with Gasteiger partial charge in [-0.15, -0.1) is 0 Å². The maximum atomic E-state index is 10.5. The number of halogens is 1. The SMILES string of the molecule is CC(C)NCC(O)C(Oc1cccc(Cl)c1)c1ccccc1. The summed E-state index contributed by atoms with van der Waals surface area (Å²) >= 11 is 6.00. The number of benzene rings is 2. The molecule has 0 amide bonds. The van der Waals surface area contributed by atoms with E-state index in [1.54, 1.807) is 12.1 Å². The fourth-order valence-electron chi connectivity index (χ4n) is 2.16. The van der Waals surface area contributed by atoms with E-state index in [0.717, 1.165) is 5.56 Å². The van der Waals surface area contributed by atoms with Crippen LogP contribution in [0.4, 0.5) is 0 Å². The molecule has 2 aromatic rings. The molecule has 118 valence electrons. The Balaban J connectivity index is 2.18. The van der Waals surface area contributed by atoms with E-state index in [4.69, 9.17) is 16.3 Å². The lowest BCUT2D eigenvalue weighted by molar-refractivity contribution is 0.0346. The van der Waals surface area contributed by atoms with Crippen molar-refractivity contribution in [1.29, 1.82) is 0 Å². The monoisotopic (exact) mass is 319 g/mol. The van der Waals surface area contributed by atoms with Crippen LogP contribution in [0.2, 0.25) is 5.02 Å². The second-order valence-electron chi connectivity index (χ2n) is 5.54. The zero-order valence-electron chi connectivity index (χ0n) is 12.9. The van der Waals surface area contributed by atoms with Gasteiger partial charge in [-0.2, -0.15) is 0 Å². The van der Waals surface area contributed by atoms with Gasteiger partial charge in [0.05, 0.1) is 0 Å². The first kappa shape index (κ1) is 16.8. The Morgan fingerprint density at radius 2 is 1.82 bits per heavy atom. The zero-order chi connectivity index (χ0) is 15.9. The summed E-state index contributed by atoms with van der Waals surface area (Å²) in [5.41, 5.74) is 0.931. The van der Waals surface area contributed by atoms with Crippen molar-refractivity contribution >= 4 is 11.6 Å². The molecule has 0 fully saturated rings. The van der Waals surface area contributed by atoms with E-state index < -0.39 is 12.2 Å². The summed E-state index contributed by atoms with van der Waals surface area (Å²) in [5, 5.41) is 14.4. The molecule has 4 heteroatoms. The Labute approximate surface area is 136 Å². The van der Waals surface area contributed by atoms with Crippen LogP contribution in [0.5, 0.6) is 5.75 Å². The lowest BCUT2D eigenvalue weighted by atomic mass is 10.0. The van der Waals surface area contributed by atoms with E-state index in [1.807, 2.05) is 56.3 Å². The second-order valence-corrected chi connectivity index (χ2v) is 5.97. The van der Waals surface area contributed by atoms with Crippen molar-refractivity contribution in [1.82, 2.24) is 5.32 Å². The van der Waals surface area contributed by atoms with Crippen LogP contribution in [0.15, 0.2) is 54.6 Å². The van der Waals surface area contributed by atoms with Crippen molar-refractivity contribution in [2.24, 2.45) is 0 Å². The molecule has 0 saturated carbocycles. The molecule has 0 saturated heterocycles. The number of hydrogen-bond acceptors (Lipinski definition) is 3. The summed E-state index contributed by atoms with van der Waals surface area (Å²) < 4.78 is 6.00. The van der Waals surface area contributed by atoms with Gasteiger partial charge in [0.2, 0.25) is 0 Å². The van der Waals surface area contributed by atoms with Crippen LogP contribution in [0.1, 0.15) is 25.5 Å². The molecule has 0 radical (unpaired) electrons. The topological polar surface area (TPSA) is 41.5 Å². The fraction of sp³-hybridized carbons (Fsp3) is 0.333. The number of hydrogen-bond donors (Lipinski definition) is 2. The highest BCUT2D eigenvalue weighted by atomic mass is 35.5. The van der Waals surface area contributed by atoms with Crippen LogP contribution >= 0.6 is 11.6 Å². The Bertz CT molecular complexity index is 574. The molecule has 0 spiro atoms. The molecule has 2 unspecified atom stereocenters. The van der Waals surface area contributed by atoms with Crippen LogP contribution in [-0.4, -0.2) is 23.8 Å². The highest BCUT2D eigenvalue weighted by Gasteiger charge is 2.23. The van der Waals surface area contributed by atoms with Gasteiger partial charge in [-0.3, -0.25) is 0 Å². The highest BCUT2D eigenvalue weighted by Crippen LogP contribution is 2.26. The average Bonchev–Trinajstić information content (AvgIpc) is 2.51.